The summed E-state index contributed by atoms with van der Waals surface area (Å²) in [7, 11) is 0. The molecule has 0 unspecified atom stereocenters. The van der Waals surface area contributed by atoms with E-state index in [2.05, 4.69) is 22.1 Å². The van der Waals surface area contributed by atoms with Crippen LogP contribution < -0.4 is 4.74 Å². The van der Waals surface area contributed by atoms with E-state index < -0.39 is 0 Å². The fraction of sp³-hybridized carbons (Fsp3) is 0.0556. The van der Waals surface area contributed by atoms with Gasteiger partial charge in [0.05, 0.1) is 11.2 Å². The van der Waals surface area contributed by atoms with Crippen molar-refractivity contribution in [2.45, 2.75) is 6.61 Å². The number of aromatic amines is 1. The quantitative estimate of drug-likeness (QED) is 0.605. The lowest BCUT2D eigenvalue weighted by Gasteiger charge is -2.07. The third-order valence-corrected chi connectivity index (χ3v) is 3.59. The normalized spacial score (nSPS) is 11.0. The number of nitrogens with zero attached hydrogens (tertiary/aromatic N) is 1. The van der Waals surface area contributed by atoms with Gasteiger partial charge in [-0.2, -0.15) is 0 Å². The molecule has 0 saturated heterocycles. The zero-order chi connectivity index (χ0) is 14.1. The van der Waals surface area contributed by atoms with Gasteiger partial charge < -0.3 is 9.72 Å². The minimum atomic E-state index is 0.467. The molecule has 2 aromatic carbocycles. The van der Waals surface area contributed by atoms with E-state index in [1.54, 1.807) is 0 Å². The molecule has 4 rings (SSSR count). The molecule has 21 heavy (non-hydrogen) atoms. The molecular weight excluding hydrogens is 260 g/mol. The highest BCUT2D eigenvalue weighted by molar-refractivity contribution is 5.85. The molecule has 0 aliphatic heterocycles. The lowest BCUT2D eigenvalue weighted by Crippen LogP contribution is -1.98. The monoisotopic (exact) mass is 274 g/mol. The van der Waals surface area contributed by atoms with Crippen LogP contribution in [0.3, 0.4) is 0 Å². The van der Waals surface area contributed by atoms with E-state index in [-0.39, 0.29) is 0 Å². The largest absolute Gasteiger partial charge is 0.487 e. The van der Waals surface area contributed by atoms with Crippen LogP contribution in [-0.2, 0) is 6.61 Å². The number of hydrogen-bond acceptors (Lipinski definition) is 2. The molecule has 4 aromatic rings. The Labute approximate surface area is 122 Å². The number of nitrogens with one attached hydrogen (secondary N) is 1. The van der Waals surface area contributed by atoms with Gasteiger partial charge in [0.2, 0.25) is 0 Å². The molecule has 3 heteroatoms. The average molecular weight is 274 g/mol. The highest BCUT2D eigenvalue weighted by Gasteiger charge is 2.04. The summed E-state index contributed by atoms with van der Waals surface area (Å²) >= 11 is 0. The molecule has 0 spiro atoms. The number of hydrogen-bond donors (Lipinski definition) is 1. The Hall–Kier alpha value is -2.81. The third-order valence-electron chi connectivity index (χ3n) is 3.59. The van der Waals surface area contributed by atoms with E-state index in [0.717, 1.165) is 33.2 Å². The van der Waals surface area contributed by atoms with E-state index in [1.807, 2.05) is 54.7 Å². The Balaban J connectivity index is 1.61. The minimum absolute atomic E-state index is 0.467. The van der Waals surface area contributed by atoms with Gasteiger partial charge in [0.15, 0.2) is 0 Å². The predicted molar refractivity (Wildman–Crippen MR) is 84.4 cm³/mol. The van der Waals surface area contributed by atoms with Gasteiger partial charge in [0.25, 0.3) is 0 Å². The Morgan fingerprint density at radius 2 is 1.86 bits per heavy atom. The Kier molecular flexibility index (Phi) is 2.82. The molecule has 0 bridgehead atoms. The molecule has 0 aliphatic carbocycles. The summed E-state index contributed by atoms with van der Waals surface area (Å²) in [6.45, 7) is 0.467. The number of H-pyrrole nitrogens is 1. The van der Waals surface area contributed by atoms with Gasteiger partial charge in [-0.05, 0) is 30.3 Å². The number of benzene rings is 2. The molecule has 3 nitrogen and oxygen atoms in total. The van der Waals surface area contributed by atoms with E-state index in [0.29, 0.717) is 6.61 Å². The molecule has 0 atom stereocenters. The SMILES string of the molecule is c1ccc2nc(COc3cccc4[nH]ccc34)ccc2c1. The first kappa shape index (κ1) is 12.0. The molecule has 0 radical (unpaired) electrons. The van der Waals surface area contributed by atoms with E-state index >= 15 is 0 Å². The van der Waals surface area contributed by atoms with Crippen LogP contribution in [0.15, 0.2) is 66.9 Å². The topological polar surface area (TPSA) is 37.9 Å². The minimum Gasteiger partial charge on any atom is -0.487 e. The van der Waals surface area contributed by atoms with Gasteiger partial charge in [0, 0.05) is 22.5 Å². The lowest BCUT2D eigenvalue weighted by molar-refractivity contribution is 0.305. The maximum Gasteiger partial charge on any atom is 0.130 e. The predicted octanol–water partition coefficient (Wildman–Crippen LogP) is 4.30. The summed E-state index contributed by atoms with van der Waals surface area (Å²) in [5, 5.41) is 2.24. The van der Waals surface area contributed by atoms with Crippen molar-refractivity contribution in [1.82, 2.24) is 9.97 Å². The number of fused-ring (bicyclic) bond motifs is 2. The van der Waals surface area contributed by atoms with Gasteiger partial charge in [-0.1, -0.05) is 30.3 Å². The fourth-order valence-corrected chi connectivity index (χ4v) is 2.52. The van der Waals surface area contributed by atoms with E-state index in [4.69, 9.17) is 4.74 Å². The summed E-state index contributed by atoms with van der Waals surface area (Å²) < 4.78 is 5.93. The van der Waals surface area contributed by atoms with Crippen molar-refractivity contribution in [2.24, 2.45) is 0 Å². The zero-order valence-electron chi connectivity index (χ0n) is 11.4. The first-order chi connectivity index (χ1) is 10.4. The van der Waals surface area contributed by atoms with Gasteiger partial charge in [-0.15, -0.1) is 0 Å². The van der Waals surface area contributed by atoms with Crippen LogP contribution in [-0.4, -0.2) is 9.97 Å². The molecule has 0 fully saturated rings. The molecule has 102 valence electrons. The van der Waals surface area contributed by atoms with E-state index in [9.17, 15) is 0 Å². The molecule has 0 aliphatic rings. The molecule has 0 saturated carbocycles. The average Bonchev–Trinajstić information content (AvgIpc) is 3.02. The summed E-state index contributed by atoms with van der Waals surface area (Å²) in [4.78, 5) is 7.81. The standard InChI is InChI=1S/C18H14N2O/c1-2-5-16-13(4-1)8-9-14(20-16)12-21-18-7-3-6-17-15(18)10-11-19-17/h1-11,19H,12H2. The van der Waals surface area contributed by atoms with Crippen molar-refractivity contribution in [3.8, 4) is 5.75 Å². The van der Waals surface area contributed by atoms with Crippen LogP contribution in [0.25, 0.3) is 21.8 Å². The maximum absolute atomic E-state index is 5.93. The summed E-state index contributed by atoms with van der Waals surface area (Å²) in [6.07, 6.45) is 1.92. The summed E-state index contributed by atoms with van der Waals surface area (Å²) in [5.41, 5.74) is 3.01. The molecular formula is C18H14N2O. The number of rotatable bonds is 3. The maximum atomic E-state index is 5.93. The molecule has 0 amide bonds. The molecule has 2 aromatic heterocycles. The van der Waals surface area contributed by atoms with E-state index in [1.165, 1.54) is 0 Å². The van der Waals surface area contributed by atoms with Crippen LogP contribution in [0.5, 0.6) is 5.75 Å². The number of ether oxygens (including phenoxy) is 1. The Morgan fingerprint density at radius 1 is 0.905 bits per heavy atom. The van der Waals surface area contributed by atoms with Gasteiger partial charge >= 0.3 is 0 Å². The van der Waals surface area contributed by atoms with Crippen LogP contribution in [0.1, 0.15) is 5.69 Å². The van der Waals surface area contributed by atoms with Crippen molar-refractivity contribution >= 4 is 21.8 Å². The van der Waals surface area contributed by atoms with Crippen LogP contribution in [0, 0.1) is 0 Å². The third kappa shape index (κ3) is 2.23. The zero-order valence-corrected chi connectivity index (χ0v) is 11.4. The van der Waals surface area contributed by atoms with Crippen molar-refractivity contribution < 1.29 is 4.74 Å². The van der Waals surface area contributed by atoms with Gasteiger partial charge in [-0.3, -0.25) is 0 Å². The Morgan fingerprint density at radius 3 is 2.86 bits per heavy atom. The lowest BCUT2D eigenvalue weighted by atomic mass is 10.2. The van der Waals surface area contributed by atoms with Crippen molar-refractivity contribution in [3.63, 3.8) is 0 Å². The van der Waals surface area contributed by atoms with Crippen LogP contribution >= 0.6 is 0 Å². The van der Waals surface area contributed by atoms with Crippen molar-refractivity contribution in [1.29, 1.82) is 0 Å². The fourth-order valence-electron chi connectivity index (χ4n) is 2.52. The summed E-state index contributed by atoms with van der Waals surface area (Å²) in [5.74, 6) is 0.878. The van der Waals surface area contributed by atoms with Crippen molar-refractivity contribution in [2.75, 3.05) is 0 Å². The van der Waals surface area contributed by atoms with Crippen molar-refractivity contribution in [3.05, 3.63) is 72.6 Å². The highest BCUT2D eigenvalue weighted by Crippen LogP contribution is 2.25. The van der Waals surface area contributed by atoms with Gasteiger partial charge in [-0.25, -0.2) is 4.98 Å². The second-order valence-electron chi connectivity index (χ2n) is 4.98. The highest BCUT2D eigenvalue weighted by atomic mass is 16.5. The van der Waals surface area contributed by atoms with Crippen LogP contribution in [0.2, 0.25) is 0 Å². The van der Waals surface area contributed by atoms with Gasteiger partial charge in [0.1, 0.15) is 12.4 Å². The molecule has 1 N–H and O–H groups in total. The number of para-hydroxylation sites is 1. The smallest absolute Gasteiger partial charge is 0.130 e. The summed E-state index contributed by atoms with van der Waals surface area (Å²) in [6, 6.07) is 20.2. The number of aromatic nitrogens is 2. The molecule has 2 heterocycles. The Bertz CT molecular complexity index is 911. The van der Waals surface area contributed by atoms with Crippen LogP contribution in [0.4, 0.5) is 0 Å². The first-order valence-corrected chi connectivity index (χ1v) is 6.94. The number of pyridine rings is 1. The second kappa shape index (κ2) is 4.94. The first-order valence-electron chi connectivity index (χ1n) is 6.94. The second-order valence-corrected chi connectivity index (χ2v) is 4.98.